The molecule has 2 fully saturated rings. The van der Waals surface area contributed by atoms with Crippen molar-refractivity contribution in [2.24, 2.45) is 0 Å². The van der Waals surface area contributed by atoms with Gasteiger partial charge in [-0.2, -0.15) is 0 Å². The molecule has 0 aromatic heterocycles. The van der Waals surface area contributed by atoms with Crippen LogP contribution in [0.15, 0.2) is 60.7 Å². The molecule has 2 aromatic rings. The van der Waals surface area contributed by atoms with E-state index in [9.17, 15) is 14.4 Å². The second-order valence-corrected chi connectivity index (χ2v) is 10.8. The topological polar surface area (TPSA) is 106 Å². The van der Waals surface area contributed by atoms with Crippen LogP contribution in [0.3, 0.4) is 0 Å². The summed E-state index contributed by atoms with van der Waals surface area (Å²) in [6.07, 6.45) is -0.176. The van der Waals surface area contributed by atoms with Gasteiger partial charge in [-0.25, -0.2) is 0 Å². The number of nitrogens with zero attached hydrogens (tertiary/aromatic N) is 1. The van der Waals surface area contributed by atoms with Crippen LogP contribution in [0.2, 0.25) is 0 Å². The first-order chi connectivity index (χ1) is 15.9. The Labute approximate surface area is 192 Å². The number of amides is 1. The Morgan fingerprint density at radius 3 is 1.67 bits per heavy atom. The van der Waals surface area contributed by atoms with Crippen LogP contribution < -0.4 is 10.2 Å². The summed E-state index contributed by atoms with van der Waals surface area (Å²) in [4.78, 5) is 40.2. The standard InChI is InChI=1S/C23H28N3O6P/c1-3-26(4-2)23(29)32-33(24-19(21(27)30-33)15-17-11-7-5-8-12-17)25-20(22(28)31-33)16-18-13-9-6-10-14-18/h5-14,19-20,24-25H,3-4,15-16H2,1-2H3/t19-,20-/m0/s1. The molecule has 0 saturated carbocycles. The number of carbonyl (C=O) groups is 3. The monoisotopic (exact) mass is 473 g/mol. The molecule has 2 aromatic carbocycles. The summed E-state index contributed by atoms with van der Waals surface area (Å²) in [7, 11) is -4.83. The summed E-state index contributed by atoms with van der Waals surface area (Å²) in [5.74, 6) is -1.30. The molecule has 2 atom stereocenters. The predicted octanol–water partition coefficient (Wildman–Crippen LogP) is 3.11. The van der Waals surface area contributed by atoms with Gasteiger partial charge >= 0.3 is 192 Å². The number of hydrogen-bond donors (Lipinski definition) is 2. The minimum atomic E-state index is -4.83. The first-order valence-electron chi connectivity index (χ1n) is 11.0. The number of benzene rings is 2. The van der Waals surface area contributed by atoms with Gasteiger partial charge in [0.1, 0.15) is 0 Å². The van der Waals surface area contributed by atoms with E-state index in [0.717, 1.165) is 11.1 Å². The Balaban J connectivity index is 1.64. The molecular weight excluding hydrogens is 445 g/mol. The summed E-state index contributed by atoms with van der Waals surface area (Å²) in [6.45, 7) is 4.36. The molecule has 1 spiro atoms. The molecule has 4 rings (SSSR count). The molecule has 0 aliphatic carbocycles. The van der Waals surface area contributed by atoms with Crippen LogP contribution in [0, 0.1) is 0 Å². The van der Waals surface area contributed by atoms with Gasteiger partial charge in [0.25, 0.3) is 0 Å². The van der Waals surface area contributed by atoms with Crippen LogP contribution in [0.4, 0.5) is 4.79 Å². The molecule has 1 amide bonds. The van der Waals surface area contributed by atoms with E-state index in [1.165, 1.54) is 4.90 Å². The minimum absolute atomic E-state index is 0.281. The van der Waals surface area contributed by atoms with E-state index in [1.807, 2.05) is 60.7 Å². The van der Waals surface area contributed by atoms with E-state index in [-0.39, 0.29) is 12.8 Å². The van der Waals surface area contributed by atoms with Gasteiger partial charge in [0.05, 0.1) is 0 Å². The third-order valence-electron chi connectivity index (χ3n) is 5.67. The Morgan fingerprint density at radius 1 is 0.848 bits per heavy atom. The average molecular weight is 473 g/mol. The van der Waals surface area contributed by atoms with E-state index in [0.29, 0.717) is 13.1 Å². The average Bonchev–Trinajstić information content (AvgIpc) is 3.21. The Kier molecular flexibility index (Phi) is 6.38. The molecule has 176 valence electrons. The molecule has 0 bridgehead atoms. The molecular formula is C23H28N3O6P. The van der Waals surface area contributed by atoms with Crippen LogP contribution in [0.1, 0.15) is 25.0 Å². The maximum atomic E-state index is 12.9. The summed E-state index contributed by atoms with van der Waals surface area (Å²) in [5.41, 5.74) is 1.76. The molecule has 33 heavy (non-hydrogen) atoms. The summed E-state index contributed by atoms with van der Waals surface area (Å²) >= 11 is 0. The van der Waals surface area contributed by atoms with Crippen molar-refractivity contribution in [2.45, 2.75) is 38.8 Å². The predicted molar refractivity (Wildman–Crippen MR) is 123 cm³/mol. The van der Waals surface area contributed by atoms with E-state index < -0.39 is 37.7 Å². The summed E-state index contributed by atoms with van der Waals surface area (Å²) in [5, 5.41) is 5.99. The van der Waals surface area contributed by atoms with Crippen LogP contribution in [0.5, 0.6) is 0 Å². The van der Waals surface area contributed by atoms with Gasteiger partial charge in [-0.1, -0.05) is 0 Å². The molecule has 0 unspecified atom stereocenters. The zero-order valence-electron chi connectivity index (χ0n) is 18.6. The van der Waals surface area contributed by atoms with Gasteiger partial charge in [-0.05, 0) is 0 Å². The van der Waals surface area contributed by atoms with Crippen LogP contribution >= 0.6 is 7.59 Å². The Bertz CT molecular complexity index is 962. The summed E-state index contributed by atoms with van der Waals surface area (Å²) in [6, 6.07) is 17.0. The molecule has 10 heteroatoms. The second-order valence-electron chi connectivity index (χ2n) is 7.98. The first kappa shape index (κ1) is 23.2. The zero-order valence-corrected chi connectivity index (χ0v) is 19.5. The molecule has 2 saturated heterocycles. The zero-order chi connectivity index (χ0) is 23.5. The van der Waals surface area contributed by atoms with Gasteiger partial charge in [0.2, 0.25) is 0 Å². The van der Waals surface area contributed by atoms with Gasteiger partial charge < -0.3 is 0 Å². The Morgan fingerprint density at radius 2 is 1.27 bits per heavy atom. The van der Waals surface area contributed by atoms with Crippen molar-refractivity contribution < 1.29 is 28.0 Å². The van der Waals surface area contributed by atoms with Crippen molar-refractivity contribution in [3.63, 3.8) is 0 Å². The van der Waals surface area contributed by atoms with Gasteiger partial charge in [-0.15, -0.1) is 0 Å². The SMILES string of the molecule is CCN(CC)C(=O)OP12(N[C@@H](Cc3ccccc3)C(=O)O1)N[C@@H](Cc1ccccc1)C(=O)O2. The molecule has 2 N–H and O–H groups in total. The third kappa shape index (κ3) is 4.71. The summed E-state index contributed by atoms with van der Waals surface area (Å²) < 4.78 is 17.2. The van der Waals surface area contributed by atoms with Gasteiger partial charge in [0, 0.05) is 0 Å². The number of carbonyl (C=O) groups excluding carboxylic acids is 3. The molecule has 2 aliphatic rings. The fourth-order valence-corrected chi connectivity index (χ4v) is 7.27. The van der Waals surface area contributed by atoms with E-state index in [4.69, 9.17) is 13.6 Å². The first-order valence-corrected chi connectivity index (χ1v) is 13.0. The van der Waals surface area contributed by atoms with Crippen molar-refractivity contribution in [1.29, 1.82) is 0 Å². The van der Waals surface area contributed by atoms with Crippen molar-refractivity contribution in [2.75, 3.05) is 13.1 Å². The third-order valence-corrected chi connectivity index (χ3v) is 8.69. The maximum absolute atomic E-state index is 12.9. The van der Waals surface area contributed by atoms with Crippen LogP contribution in [-0.4, -0.2) is 48.1 Å². The van der Waals surface area contributed by atoms with Gasteiger partial charge in [-0.3, -0.25) is 0 Å². The fraction of sp³-hybridized carbons (Fsp3) is 0.348. The second kappa shape index (κ2) is 9.09. The van der Waals surface area contributed by atoms with Gasteiger partial charge in [0.15, 0.2) is 0 Å². The van der Waals surface area contributed by atoms with Crippen LogP contribution in [0.25, 0.3) is 0 Å². The number of nitrogens with one attached hydrogen (secondary N) is 2. The van der Waals surface area contributed by atoms with Crippen LogP contribution in [-0.2, 0) is 36.0 Å². The molecule has 2 heterocycles. The Hall–Kier alpha value is -3.00. The molecule has 0 radical (unpaired) electrons. The van der Waals surface area contributed by atoms with E-state index >= 15 is 0 Å². The van der Waals surface area contributed by atoms with Crippen molar-refractivity contribution in [3.8, 4) is 0 Å². The number of rotatable bonds is 7. The van der Waals surface area contributed by atoms with E-state index in [2.05, 4.69) is 10.2 Å². The molecule has 9 nitrogen and oxygen atoms in total. The quantitative estimate of drug-likeness (QED) is 0.591. The normalized spacial score (nSPS) is 23.9. The van der Waals surface area contributed by atoms with E-state index in [1.54, 1.807) is 13.8 Å². The van der Waals surface area contributed by atoms with Crippen molar-refractivity contribution in [3.05, 3.63) is 71.8 Å². The number of hydrogen-bond acceptors (Lipinski definition) is 8. The fourth-order valence-electron chi connectivity index (χ4n) is 3.99. The van der Waals surface area contributed by atoms with Crippen molar-refractivity contribution >= 4 is 25.6 Å². The van der Waals surface area contributed by atoms with Crippen molar-refractivity contribution in [1.82, 2.24) is 15.1 Å². The molecule has 2 aliphatic heterocycles.